The fourth-order valence-corrected chi connectivity index (χ4v) is 6.07. The minimum atomic E-state index is -0.374. The fourth-order valence-electron chi connectivity index (χ4n) is 6.07. The molecule has 1 saturated heterocycles. The summed E-state index contributed by atoms with van der Waals surface area (Å²) in [6, 6.07) is 6.24. The summed E-state index contributed by atoms with van der Waals surface area (Å²) in [5.41, 5.74) is 1.98. The molecule has 2 saturated carbocycles. The highest BCUT2D eigenvalue weighted by atomic mass is 16.5. The summed E-state index contributed by atoms with van der Waals surface area (Å²) < 4.78 is 10.9. The van der Waals surface area contributed by atoms with Crippen molar-refractivity contribution in [1.29, 1.82) is 0 Å². The van der Waals surface area contributed by atoms with Gasteiger partial charge in [0, 0.05) is 6.54 Å². The number of benzene rings is 1. The first-order valence-corrected chi connectivity index (χ1v) is 11.3. The molecule has 1 aromatic carbocycles. The Morgan fingerprint density at radius 2 is 1.93 bits per heavy atom. The molecule has 2 aliphatic carbocycles. The van der Waals surface area contributed by atoms with Crippen LogP contribution in [0.4, 0.5) is 0 Å². The third-order valence-electron chi connectivity index (χ3n) is 8.15. The van der Waals surface area contributed by atoms with Crippen molar-refractivity contribution in [2.45, 2.75) is 52.0 Å². The van der Waals surface area contributed by atoms with Gasteiger partial charge in [0.2, 0.25) is 5.91 Å². The van der Waals surface area contributed by atoms with E-state index in [2.05, 4.69) is 42.8 Å². The maximum absolute atomic E-state index is 13.5. The van der Waals surface area contributed by atoms with Crippen LogP contribution >= 0.6 is 0 Å². The second-order valence-corrected chi connectivity index (χ2v) is 9.81. The third kappa shape index (κ3) is 3.31. The molecule has 4 rings (SSSR count). The molecule has 1 N–H and O–H groups in total. The molecular weight excluding hydrogens is 376 g/mol. The topological polar surface area (TPSA) is 50.8 Å². The van der Waals surface area contributed by atoms with Crippen LogP contribution in [-0.2, 0) is 4.79 Å². The smallest absolute Gasteiger partial charge is 0.230 e. The maximum atomic E-state index is 13.5. The molecule has 3 aliphatic rings. The number of ether oxygens (including phenoxy) is 2. The summed E-state index contributed by atoms with van der Waals surface area (Å²) in [4.78, 5) is 15.9. The largest absolute Gasteiger partial charge is 0.493 e. The Kier molecular flexibility index (Phi) is 5.60. The van der Waals surface area contributed by atoms with Gasteiger partial charge >= 0.3 is 0 Å². The van der Waals surface area contributed by atoms with Crippen molar-refractivity contribution >= 4 is 5.91 Å². The first-order chi connectivity index (χ1) is 14.3. The van der Waals surface area contributed by atoms with E-state index in [4.69, 9.17) is 9.47 Å². The molecule has 30 heavy (non-hydrogen) atoms. The lowest BCUT2D eigenvalue weighted by atomic mass is 9.68. The van der Waals surface area contributed by atoms with Crippen LogP contribution in [0.3, 0.4) is 0 Å². The van der Waals surface area contributed by atoms with Crippen molar-refractivity contribution in [2.75, 3.05) is 33.9 Å². The van der Waals surface area contributed by atoms with Crippen molar-refractivity contribution < 1.29 is 14.3 Å². The van der Waals surface area contributed by atoms with Crippen molar-refractivity contribution in [3.8, 4) is 11.5 Å². The molecule has 1 amide bonds. The van der Waals surface area contributed by atoms with E-state index in [9.17, 15) is 4.79 Å². The van der Waals surface area contributed by atoms with E-state index in [1.807, 2.05) is 6.07 Å². The molecule has 5 nitrogen and oxygen atoms in total. The molecule has 164 valence electrons. The number of carbonyl (C=O) groups is 1. The highest BCUT2D eigenvalue weighted by Crippen LogP contribution is 2.65. The predicted octanol–water partition coefficient (Wildman–Crippen LogP) is 4.34. The Balaban J connectivity index is 1.54. The second-order valence-electron chi connectivity index (χ2n) is 9.81. The lowest BCUT2D eigenvalue weighted by molar-refractivity contribution is -0.129. The van der Waals surface area contributed by atoms with E-state index in [0.29, 0.717) is 12.5 Å². The number of likely N-dealkylation sites (tertiary alicyclic amines) is 1. The zero-order valence-electron chi connectivity index (χ0n) is 18.9. The Labute approximate surface area is 180 Å². The number of amides is 1. The monoisotopic (exact) mass is 412 g/mol. The Hall–Kier alpha value is -2.01. The third-order valence-corrected chi connectivity index (χ3v) is 8.15. The van der Waals surface area contributed by atoms with Gasteiger partial charge in [0.15, 0.2) is 11.5 Å². The summed E-state index contributed by atoms with van der Waals surface area (Å²) in [5, 5.41) is 3.34. The number of hydrogen-bond acceptors (Lipinski definition) is 4. The molecule has 3 unspecified atom stereocenters. The van der Waals surface area contributed by atoms with Gasteiger partial charge in [-0.05, 0) is 74.2 Å². The van der Waals surface area contributed by atoms with Gasteiger partial charge in [-0.3, -0.25) is 9.69 Å². The van der Waals surface area contributed by atoms with E-state index < -0.39 is 0 Å². The van der Waals surface area contributed by atoms with Crippen molar-refractivity contribution in [3.63, 3.8) is 0 Å². The summed E-state index contributed by atoms with van der Waals surface area (Å²) in [6.45, 7) is 11.6. The normalized spacial score (nSPS) is 28.5. The minimum Gasteiger partial charge on any atom is -0.493 e. The molecule has 1 aliphatic heterocycles. The van der Waals surface area contributed by atoms with E-state index >= 15 is 0 Å². The van der Waals surface area contributed by atoms with Gasteiger partial charge in [-0.15, -0.1) is 0 Å². The zero-order chi connectivity index (χ0) is 21.5. The number of methoxy groups -OCH3 is 2. The summed E-state index contributed by atoms with van der Waals surface area (Å²) in [6.07, 6.45) is 5.43. The van der Waals surface area contributed by atoms with E-state index in [-0.39, 0.29) is 22.8 Å². The number of nitrogens with one attached hydrogen (secondary N) is 1. The highest BCUT2D eigenvalue weighted by molar-refractivity contribution is 5.87. The van der Waals surface area contributed by atoms with Gasteiger partial charge in [0.25, 0.3) is 0 Å². The molecule has 3 atom stereocenters. The molecule has 0 aromatic heterocycles. The molecule has 3 fully saturated rings. The van der Waals surface area contributed by atoms with Gasteiger partial charge in [-0.1, -0.05) is 32.1 Å². The Morgan fingerprint density at radius 3 is 2.53 bits per heavy atom. The number of rotatable bonds is 7. The van der Waals surface area contributed by atoms with E-state index in [0.717, 1.165) is 55.0 Å². The second kappa shape index (κ2) is 7.92. The average molecular weight is 413 g/mol. The summed E-state index contributed by atoms with van der Waals surface area (Å²) in [7, 11) is 3.32. The van der Waals surface area contributed by atoms with Gasteiger partial charge in [-0.2, -0.15) is 0 Å². The van der Waals surface area contributed by atoms with Crippen molar-refractivity contribution in [3.05, 3.63) is 35.9 Å². The van der Waals surface area contributed by atoms with Crippen LogP contribution in [0.15, 0.2) is 30.4 Å². The number of fused-ring (bicyclic) bond motifs is 2. The van der Waals surface area contributed by atoms with Crippen LogP contribution in [0.1, 0.15) is 57.6 Å². The van der Waals surface area contributed by atoms with Crippen LogP contribution in [0.5, 0.6) is 11.5 Å². The summed E-state index contributed by atoms with van der Waals surface area (Å²) in [5.74, 6) is 2.21. The van der Waals surface area contributed by atoms with Crippen molar-refractivity contribution in [1.82, 2.24) is 10.2 Å². The molecule has 1 heterocycles. The first-order valence-electron chi connectivity index (χ1n) is 11.3. The Bertz CT molecular complexity index is 828. The van der Waals surface area contributed by atoms with Crippen LogP contribution < -0.4 is 14.8 Å². The Morgan fingerprint density at radius 1 is 1.23 bits per heavy atom. The molecular formula is C25H36N2O3. The zero-order valence-corrected chi connectivity index (χ0v) is 18.9. The number of nitrogens with zero attached hydrogens (tertiary/aromatic N) is 1. The minimum absolute atomic E-state index is 0.0628. The fraction of sp³-hybridized carbons (Fsp3) is 0.640. The summed E-state index contributed by atoms with van der Waals surface area (Å²) >= 11 is 0. The van der Waals surface area contributed by atoms with Gasteiger partial charge in [-0.25, -0.2) is 0 Å². The quantitative estimate of drug-likeness (QED) is 0.677. The van der Waals surface area contributed by atoms with Crippen LogP contribution in [0.2, 0.25) is 0 Å². The lowest BCUT2D eigenvalue weighted by Gasteiger charge is -2.37. The number of hydrogen-bond donors (Lipinski definition) is 1. The average Bonchev–Trinajstić information content (AvgIpc) is 3.47. The lowest BCUT2D eigenvalue weighted by Crippen LogP contribution is -2.45. The van der Waals surface area contributed by atoms with Gasteiger partial charge < -0.3 is 14.8 Å². The molecule has 2 bridgehead atoms. The van der Waals surface area contributed by atoms with Crippen LogP contribution in [0.25, 0.3) is 0 Å². The molecule has 1 aromatic rings. The van der Waals surface area contributed by atoms with E-state index in [1.54, 1.807) is 14.2 Å². The van der Waals surface area contributed by atoms with Crippen LogP contribution in [0, 0.1) is 16.7 Å². The van der Waals surface area contributed by atoms with E-state index in [1.165, 1.54) is 12.8 Å². The standard InChI is InChI=1S/C25H36N2O3/c1-17-24(2,3)19-10-11-25(17,15-19)23(28)26-16-20(27-12-6-7-13-27)18-8-9-21(29-4)22(14-18)30-5/h8-9,14,19-20H,1,6-7,10-13,15-16H2,2-5H3,(H,26,28). The van der Waals surface area contributed by atoms with Crippen molar-refractivity contribution in [2.24, 2.45) is 16.7 Å². The predicted molar refractivity (Wildman–Crippen MR) is 119 cm³/mol. The van der Waals surface area contributed by atoms with Gasteiger partial charge in [0.05, 0.1) is 25.7 Å². The number of carbonyl (C=O) groups excluding carboxylic acids is 1. The molecule has 0 spiro atoms. The van der Waals surface area contributed by atoms with Crippen LogP contribution in [-0.4, -0.2) is 44.7 Å². The molecule has 5 heteroatoms. The van der Waals surface area contributed by atoms with Gasteiger partial charge in [0.1, 0.15) is 0 Å². The highest BCUT2D eigenvalue weighted by Gasteiger charge is 2.60. The molecule has 0 radical (unpaired) electrons. The maximum Gasteiger partial charge on any atom is 0.230 e. The SMILES string of the molecule is C=C1C2(C(=O)NCC(c3ccc(OC)c(OC)c3)N3CCCC3)CCC(C2)C1(C)C. The first kappa shape index (κ1) is 21.2.